The van der Waals surface area contributed by atoms with Crippen LogP contribution in [0.4, 0.5) is 0 Å². The molecule has 4 nitrogen and oxygen atoms in total. The van der Waals surface area contributed by atoms with Gasteiger partial charge in [-0.25, -0.2) is 4.79 Å². The summed E-state index contributed by atoms with van der Waals surface area (Å²) < 4.78 is 10.3. The summed E-state index contributed by atoms with van der Waals surface area (Å²) in [6.07, 6.45) is 1.63. The molecule has 2 bridgehead atoms. The van der Waals surface area contributed by atoms with E-state index in [1.807, 2.05) is 13.8 Å². The topological polar surface area (TPSA) is 52.6 Å². The molecule has 96 valence electrons. The van der Waals surface area contributed by atoms with Gasteiger partial charge in [0.05, 0.1) is 5.92 Å². The smallest absolute Gasteiger partial charge is 0.333 e. The van der Waals surface area contributed by atoms with E-state index in [-0.39, 0.29) is 24.1 Å². The predicted octanol–water partition coefficient (Wildman–Crippen LogP) is 2.23. The van der Waals surface area contributed by atoms with Crippen LogP contribution < -0.4 is 0 Å². The van der Waals surface area contributed by atoms with E-state index in [1.165, 1.54) is 0 Å². The molecule has 0 spiro atoms. The van der Waals surface area contributed by atoms with Gasteiger partial charge in [-0.15, -0.1) is 0 Å². The maximum atomic E-state index is 11.3. The summed E-state index contributed by atoms with van der Waals surface area (Å²) in [6.45, 7) is 9.12. The summed E-state index contributed by atoms with van der Waals surface area (Å²) in [7, 11) is 0. The third-order valence-corrected chi connectivity index (χ3v) is 2.94. The first-order valence-corrected chi connectivity index (χ1v) is 6.15. The minimum absolute atomic E-state index is 0.0229. The molecule has 17 heavy (non-hydrogen) atoms. The Labute approximate surface area is 102 Å². The Kier molecular flexibility index (Phi) is 4.73. The van der Waals surface area contributed by atoms with Gasteiger partial charge >= 0.3 is 11.9 Å². The minimum Gasteiger partial charge on any atom is -0.458 e. The fourth-order valence-electron chi connectivity index (χ4n) is 2.06. The molecule has 0 N–H and O–H groups in total. The zero-order valence-corrected chi connectivity index (χ0v) is 10.7. The van der Waals surface area contributed by atoms with Gasteiger partial charge in [0.15, 0.2) is 0 Å². The summed E-state index contributed by atoms with van der Waals surface area (Å²) in [5.41, 5.74) is 0.376. The zero-order valence-electron chi connectivity index (χ0n) is 10.7. The van der Waals surface area contributed by atoms with E-state index in [2.05, 4.69) is 6.58 Å². The Morgan fingerprint density at radius 2 is 2.06 bits per heavy atom. The largest absolute Gasteiger partial charge is 0.458 e. The molecule has 1 heterocycles. The van der Waals surface area contributed by atoms with Crippen LogP contribution in [-0.4, -0.2) is 24.1 Å². The molecule has 2 aliphatic rings. The lowest BCUT2D eigenvalue weighted by Crippen LogP contribution is -2.33. The number of fused-ring (bicyclic) bond motifs is 2. The van der Waals surface area contributed by atoms with Crippen LogP contribution in [0.3, 0.4) is 0 Å². The summed E-state index contributed by atoms with van der Waals surface area (Å²) in [5, 5.41) is 0. The molecule has 3 unspecified atom stereocenters. The second-order valence-electron chi connectivity index (χ2n) is 4.21. The van der Waals surface area contributed by atoms with E-state index in [9.17, 15) is 9.59 Å². The van der Waals surface area contributed by atoms with E-state index >= 15 is 0 Å². The number of ether oxygens (including phenoxy) is 2. The standard InChI is InChI=1S/C11H14O4.C2H6/c1-6(2)10(12)14-8-4-3-7-5-9(8)15-11(7)13;1-2/h7-9H,1,3-5H2,2H3;1-2H3. The van der Waals surface area contributed by atoms with Crippen molar-refractivity contribution in [2.75, 3.05) is 0 Å². The number of rotatable bonds is 2. The summed E-state index contributed by atoms with van der Waals surface area (Å²) in [6, 6.07) is 0. The van der Waals surface area contributed by atoms with Gasteiger partial charge in [0, 0.05) is 12.0 Å². The summed E-state index contributed by atoms with van der Waals surface area (Å²) in [5.74, 6) is -0.523. The fraction of sp³-hybridized carbons (Fsp3) is 0.692. The van der Waals surface area contributed by atoms with Gasteiger partial charge in [0.2, 0.25) is 0 Å². The Bertz CT molecular complexity index is 321. The Balaban J connectivity index is 0.000000686. The van der Waals surface area contributed by atoms with Crippen LogP contribution in [0.5, 0.6) is 0 Å². The summed E-state index contributed by atoms with van der Waals surface area (Å²) >= 11 is 0. The highest BCUT2D eigenvalue weighted by Gasteiger charge is 2.44. The molecule has 1 saturated heterocycles. The van der Waals surface area contributed by atoms with Crippen LogP contribution in [0, 0.1) is 5.92 Å². The fourth-order valence-corrected chi connectivity index (χ4v) is 2.06. The molecule has 0 aromatic carbocycles. The van der Waals surface area contributed by atoms with Crippen molar-refractivity contribution in [3.05, 3.63) is 12.2 Å². The van der Waals surface area contributed by atoms with Crippen LogP contribution in [0.2, 0.25) is 0 Å². The van der Waals surface area contributed by atoms with Crippen molar-refractivity contribution < 1.29 is 19.1 Å². The highest BCUT2D eigenvalue weighted by molar-refractivity contribution is 5.87. The minimum atomic E-state index is -0.401. The number of hydrogen-bond acceptors (Lipinski definition) is 4. The Morgan fingerprint density at radius 1 is 1.41 bits per heavy atom. The van der Waals surface area contributed by atoms with E-state index in [0.29, 0.717) is 18.4 Å². The highest BCUT2D eigenvalue weighted by Crippen LogP contribution is 2.35. The van der Waals surface area contributed by atoms with Crippen LogP contribution in [-0.2, 0) is 19.1 Å². The third kappa shape index (κ3) is 3.08. The first-order chi connectivity index (χ1) is 8.08. The van der Waals surface area contributed by atoms with E-state index in [4.69, 9.17) is 9.47 Å². The van der Waals surface area contributed by atoms with Crippen molar-refractivity contribution in [3.8, 4) is 0 Å². The first kappa shape index (κ1) is 13.7. The SMILES string of the molecule is C=C(C)C(=O)OC1CCC2CC1OC2=O.CC. The van der Waals surface area contributed by atoms with Gasteiger partial charge < -0.3 is 9.47 Å². The van der Waals surface area contributed by atoms with E-state index in [1.54, 1.807) is 6.92 Å². The van der Waals surface area contributed by atoms with Crippen LogP contribution >= 0.6 is 0 Å². The molecule has 4 heteroatoms. The molecule has 0 amide bonds. The van der Waals surface area contributed by atoms with Crippen molar-refractivity contribution in [1.29, 1.82) is 0 Å². The van der Waals surface area contributed by atoms with Gasteiger partial charge in [0.1, 0.15) is 12.2 Å². The molecule has 3 atom stereocenters. The van der Waals surface area contributed by atoms with Crippen molar-refractivity contribution in [1.82, 2.24) is 0 Å². The molecule has 1 aliphatic carbocycles. The lowest BCUT2D eigenvalue weighted by Gasteiger charge is -2.25. The van der Waals surface area contributed by atoms with Gasteiger partial charge in [0.25, 0.3) is 0 Å². The van der Waals surface area contributed by atoms with Gasteiger partial charge in [-0.1, -0.05) is 20.4 Å². The van der Waals surface area contributed by atoms with E-state index < -0.39 is 5.97 Å². The van der Waals surface area contributed by atoms with Crippen molar-refractivity contribution in [2.24, 2.45) is 5.92 Å². The lowest BCUT2D eigenvalue weighted by molar-refractivity contribution is -0.157. The molecule has 0 aromatic heterocycles. The molecule has 0 aromatic rings. The second kappa shape index (κ2) is 5.84. The highest BCUT2D eigenvalue weighted by atomic mass is 16.6. The lowest BCUT2D eigenvalue weighted by atomic mass is 9.88. The molecule has 0 radical (unpaired) electrons. The summed E-state index contributed by atoms with van der Waals surface area (Å²) in [4.78, 5) is 22.5. The molecule has 2 rings (SSSR count). The van der Waals surface area contributed by atoms with Crippen LogP contribution in [0.1, 0.15) is 40.0 Å². The molecular weight excluding hydrogens is 220 g/mol. The number of carbonyl (C=O) groups excluding carboxylic acids is 2. The van der Waals surface area contributed by atoms with Gasteiger partial charge in [-0.05, 0) is 19.8 Å². The van der Waals surface area contributed by atoms with Crippen LogP contribution in [0.15, 0.2) is 12.2 Å². The Morgan fingerprint density at radius 3 is 2.65 bits per heavy atom. The molecule has 1 aliphatic heterocycles. The van der Waals surface area contributed by atoms with Gasteiger partial charge in [-0.2, -0.15) is 0 Å². The third-order valence-electron chi connectivity index (χ3n) is 2.94. The predicted molar refractivity (Wildman–Crippen MR) is 63.3 cm³/mol. The quantitative estimate of drug-likeness (QED) is 0.548. The molecule has 1 saturated carbocycles. The number of carbonyl (C=O) groups is 2. The van der Waals surface area contributed by atoms with Crippen molar-refractivity contribution >= 4 is 11.9 Å². The van der Waals surface area contributed by atoms with Crippen molar-refractivity contribution in [2.45, 2.75) is 52.2 Å². The molecule has 2 fully saturated rings. The number of hydrogen-bond donors (Lipinski definition) is 0. The normalized spacial score (nSPS) is 29.8. The average molecular weight is 240 g/mol. The average Bonchev–Trinajstić information content (AvgIpc) is 2.62. The monoisotopic (exact) mass is 240 g/mol. The van der Waals surface area contributed by atoms with Crippen molar-refractivity contribution in [3.63, 3.8) is 0 Å². The maximum absolute atomic E-state index is 11.3. The van der Waals surface area contributed by atoms with Crippen LogP contribution in [0.25, 0.3) is 0 Å². The van der Waals surface area contributed by atoms with Gasteiger partial charge in [-0.3, -0.25) is 4.79 Å². The zero-order chi connectivity index (χ0) is 13.0. The second-order valence-corrected chi connectivity index (χ2v) is 4.21. The number of esters is 2. The maximum Gasteiger partial charge on any atom is 0.333 e. The first-order valence-electron chi connectivity index (χ1n) is 6.15. The van der Waals surface area contributed by atoms with E-state index in [0.717, 1.165) is 6.42 Å². The molecular formula is C13H20O4. The Hall–Kier alpha value is -1.32.